The van der Waals surface area contributed by atoms with Crippen LogP contribution in [0.3, 0.4) is 0 Å². The quantitative estimate of drug-likeness (QED) is 0.107. The lowest BCUT2D eigenvalue weighted by atomic mass is 9.79. The Balaban J connectivity index is 1.83. The predicted octanol–water partition coefficient (Wildman–Crippen LogP) is 7.01. The van der Waals surface area contributed by atoms with Crippen molar-refractivity contribution in [2.75, 3.05) is 14.2 Å². The van der Waals surface area contributed by atoms with Crippen molar-refractivity contribution in [2.45, 2.75) is 12.3 Å². The molecule has 1 aliphatic carbocycles. The third-order valence-electron chi connectivity index (χ3n) is 8.09. The van der Waals surface area contributed by atoms with Crippen LogP contribution in [0.4, 0.5) is 0 Å². The van der Waals surface area contributed by atoms with Crippen molar-refractivity contribution in [3.8, 4) is 0 Å². The summed E-state index contributed by atoms with van der Waals surface area (Å²) < 4.78 is 10.0. The molecule has 1 fully saturated rings. The van der Waals surface area contributed by atoms with E-state index in [0.717, 1.165) is 27.8 Å². The van der Waals surface area contributed by atoms with Crippen LogP contribution in [-0.2, 0) is 24.5 Å². The van der Waals surface area contributed by atoms with Crippen LogP contribution in [0.5, 0.6) is 0 Å². The molecular weight excluding hydrogens is 496 g/mol. The van der Waals surface area contributed by atoms with Gasteiger partial charge in [-0.1, -0.05) is 140 Å². The van der Waals surface area contributed by atoms with Gasteiger partial charge in [-0.2, -0.15) is 0 Å². The molecule has 4 aromatic rings. The molecule has 4 heteroatoms. The number of carbonyl (C=O) groups excluding carboxylic acids is 2. The third kappa shape index (κ3) is 4.56. The number of ether oxygens (including phenoxy) is 2. The highest BCUT2D eigenvalue weighted by atomic mass is 16.5. The summed E-state index contributed by atoms with van der Waals surface area (Å²) in [6, 6.07) is 41.2. The van der Waals surface area contributed by atoms with E-state index in [1.807, 2.05) is 72.8 Å². The Kier molecular flexibility index (Phi) is 7.52. The third-order valence-corrected chi connectivity index (χ3v) is 8.09. The van der Waals surface area contributed by atoms with E-state index >= 15 is 0 Å². The van der Waals surface area contributed by atoms with Gasteiger partial charge in [0.1, 0.15) is 5.57 Å². The van der Waals surface area contributed by atoms with Gasteiger partial charge in [0.25, 0.3) is 0 Å². The monoisotopic (exact) mass is 528 g/mol. The molecule has 4 aromatic carbocycles. The fourth-order valence-corrected chi connectivity index (χ4v) is 6.20. The summed E-state index contributed by atoms with van der Waals surface area (Å²) in [5.41, 5.74) is 4.22. The first-order chi connectivity index (χ1) is 19.5. The van der Waals surface area contributed by atoms with Gasteiger partial charge in [0.2, 0.25) is 0 Å². The normalized spacial score (nSPS) is 18.6. The van der Waals surface area contributed by atoms with Crippen LogP contribution < -0.4 is 0 Å². The second kappa shape index (κ2) is 11.2. The summed E-state index contributed by atoms with van der Waals surface area (Å²) >= 11 is 0. The van der Waals surface area contributed by atoms with Crippen molar-refractivity contribution < 1.29 is 19.1 Å². The van der Waals surface area contributed by atoms with Crippen molar-refractivity contribution >= 4 is 17.5 Å². The van der Waals surface area contributed by atoms with E-state index in [2.05, 4.69) is 61.5 Å². The number of carbonyl (C=O) groups is 2. The summed E-state index contributed by atoms with van der Waals surface area (Å²) in [4.78, 5) is 25.7. The average Bonchev–Trinajstić information content (AvgIpc) is 3.56. The van der Waals surface area contributed by atoms with Gasteiger partial charge in [-0.25, -0.2) is 9.59 Å². The van der Waals surface area contributed by atoms with Crippen molar-refractivity contribution in [1.29, 1.82) is 0 Å². The predicted molar refractivity (Wildman–Crippen MR) is 157 cm³/mol. The van der Waals surface area contributed by atoms with Crippen LogP contribution in [0.2, 0.25) is 0 Å². The van der Waals surface area contributed by atoms with E-state index in [-0.39, 0.29) is 11.5 Å². The van der Waals surface area contributed by atoms with Gasteiger partial charge in [0.05, 0.1) is 14.2 Å². The zero-order chi connectivity index (χ0) is 28.2. The number of allylic oxidation sites excluding steroid dienone is 2. The van der Waals surface area contributed by atoms with Crippen LogP contribution >= 0.6 is 0 Å². The molecule has 2 atom stereocenters. The molecule has 4 nitrogen and oxygen atoms in total. The average molecular weight is 529 g/mol. The Morgan fingerprint density at radius 2 is 1.00 bits per heavy atom. The maximum atomic E-state index is 12.8. The highest BCUT2D eigenvalue weighted by Gasteiger charge is 2.73. The van der Waals surface area contributed by atoms with Crippen molar-refractivity contribution in [1.82, 2.24) is 0 Å². The standard InChI is InChI=1S/C36H32O4/c1-35(25-31(26-16-8-4-9-17-26)27-18-10-5-11-19-27)32(24-30(33(37)39-2)34(38)40-3)36(35,28-20-12-6-13-21-28)29-22-14-7-15-23-29/h4-25,32H,1-3H3. The fourth-order valence-electron chi connectivity index (χ4n) is 6.20. The molecule has 0 heterocycles. The zero-order valence-corrected chi connectivity index (χ0v) is 22.9. The number of methoxy groups -OCH3 is 2. The van der Waals surface area contributed by atoms with Crippen LogP contribution in [0.15, 0.2) is 139 Å². The number of hydrogen-bond donors (Lipinski definition) is 0. The largest absolute Gasteiger partial charge is 0.465 e. The first-order valence-electron chi connectivity index (χ1n) is 13.3. The first kappa shape index (κ1) is 26.9. The number of esters is 2. The van der Waals surface area contributed by atoms with E-state index in [4.69, 9.17) is 9.47 Å². The fraction of sp³-hybridized carbons (Fsp3) is 0.167. The van der Waals surface area contributed by atoms with Crippen molar-refractivity contribution in [2.24, 2.45) is 11.3 Å². The maximum absolute atomic E-state index is 12.8. The van der Waals surface area contributed by atoms with Crippen LogP contribution in [-0.4, -0.2) is 26.2 Å². The molecule has 0 saturated heterocycles. The van der Waals surface area contributed by atoms with E-state index in [1.54, 1.807) is 6.08 Å². The molecule has 0 bridgehead atoms. The second-order valence-electron chi connectivity index (χ2n) is 10.2. The molecule has 40 heavy (non-hydrogen) atoms. The summed E-state index contributed by atoms with van der Waals surface area (Å²) in [6.45, 7) is 2.20. The van der Waals surface area contributed by atoms with E-state index in [1.165, 1.54) is 14.2 Å². The van der Waals surface area contributed by atoms with Gasteiger partial charge in [0.15, 0.2) is 0 Å². The van der Waals surface area contributed by atoms with Crippen molar-refractivity contribution in [3.05, 3.63) is 161 Å². The Labute approximate surface area is 235 Å². The lowest BCUT2D eigenvalue weighted by molar-refractivity contribution is -0.144. The van der Waals surface area contributed by atoms with Gasteiger partial charge >= 0.3 is 11.9 Å². The molecule has 0 radical (unpaired) electrons. The van der Waals surface area contributed by atoms with Gasteiger partial charge < -0.3 is 9.47 Å². The minimum absolute atomic E-state index is 0.107. The Morgan fingerprint density at radius 1 is 0.625 bits per heavy atom. The van der Waals surface area contributed by atoms with E-state index < -0.39 is 22.8 Å². The van der Waals surface area contributed by atoms with Crippen LogP contribution in [0.25, 0.3) is 5.57 Å². The second-order valence-corrected chi connectivity index (χ2v) is 10.2. The van der Waals surface area contributed by atoms with Gasteiger partial charge in [0, 0.05) is 16.7 Å². The Hall–Kier alpha value is -4.70. The van der Waals surface area contributed by atoms with Crippen molar-refractivity contribution in [3.63, 3.8) is 0 Å². The Morgan fingerprint density at radius 3 is 1.38 bits per heavy atom. The minimum Gasteiger partial charge on any atom is -0.465 e. The highest BCUT2D eigenvalue weighted by Crippen LogP contribution is 2.75. The molecule has 1 aliphatic rings. The summed E-state index contributed by atoms with van der Waals surface area (Å²) in [7, 11) is 2.55. The molecule has 200 valence electrons. The molecule has 0 spiro atoms. The molecule has 0 amide bonds. The molecule has 0 N–H and O–H groups in total. The van der Waals surface area contributed by atoms with Crippen LogP contribution in [0, 0.1) is 11.3 Å². The highest BCUT2D eigenvalue weighted by molar-refractivity contribution is 6.14. The lowest BCUT2D eigenvalue weighted by Crippen LogP contribution is -2.19. The van der Waals surface area contributed by atoms with Gasteiger partial charge in [-0.05, 0) is 27.8 Å². The van der Waals surface area contributed by atoms with Gasteiger partial charge in [-0.3, -0.25) is 0 Å². The SMILES string of the molecule is COC(=O)C(=CC1C(C)(C=C(c2ccccc2)c2ccccc2)C1(c1ccccc1)c1ccccc1)C(=O)OC. The smallest absolute Gasteiger partial charge is 0.344 e. The molecule has 1 saturated carbocycles. The number of hydrogen-bond acceptors (Lipinski definition) is 4. The summed E-state index contributed by atoms with van der Waals surface area (Å²) in [5.74, 6) is -1.70. The molecule has 5 rings (SSSR count). The molecule has 0 aliphatic heterocycles. The van der Waals surface area contributed by atoms with E-state index in [0.29, 0.717) is 0 Å². The van der Waals surface area contributed by atoms with Gasteiger partial charge in [-0.15, -0.1) is 0 Å². The lowest BCUT2D eigenvalue weighted by Gasteiger charge is -2.24. The minimum atomic E-state index is -0.716. The topological polar surface area (TPSA) is 52.6 Å². The molecular formula is C36H32O4. The van der Waals surface area contributed by atoms with Crippen LogP contribution in [0.1, 0.15) is 29.2 Å². The summed E-state index contributed by atoms with van der Waals surface area (Å²) in [6.07, 6.45) is 4.06. The molecule has 2 unspecified atom stereocenters. The molecule has 0 aromatic heterocycles. The maximum Gasteiger partial charge on any atom is 0.344 e. The number of benzene rings is 4. The summed E-state index contributed by atoms with van der Waals surface area (Å²) in [5, 5.41) is 0. The zero-order valence-electron chi connectivity index (χ0n) is 22.9. The Bertz CT molecular complexity index is 1440. The first-order valence-corrected chi connectivity index (χ1v) is 13.3. The van der Waals surface area contributed by atoms with E-state index in [9.17, 15) is 9.59 Å². The number of rotatable bonds is 8.